The summed E-state index contributed by atoms with van der Waals surface area (Å²) in [6, 6.07) is -0.672. The molecule has 0 fully saturated rings. The van der Waals surface area contributed by atoms with Crippen molar-refractivity contribution in [3.05, 3.63) is 0 Å². The number of rotatable bonds is 5. The number of aromatic nitrogens is 4. The Morgan fingerprint density at radius 3 is 2.39 bits per heavy atom. The number of hydrogen-bond donors (Lipinski definition) is 3. The van der Waals surface area contributed by atoms with Crippen molar-refractivity contribution in [3.8, 4) is 0 Å². The largest absolute Gasteiger partial charge is 0.480 e. The lowest BCUT2D eigenvalue weighted by Crippen LogP contribution is -2.55. The Kier molecular flexibility index (Phi) is 4.18. The molecule has 9 nitrogen and oxygen atoms in total. The summed E-state index contributed by atoms with van der Waals surface area (Å²) < 4.78 is 0. The van der Waals surface area contributed by atoms with Gasteiger partial charge in [-0.1, -0.05) is 18.9 Å². The monoisotopic (exact) mass is 256 g/mol. The fraction of sp³-hybridized carbons (Fsp3) is 0.667. The van der Waals surface area contributed by atoms with E-state index in [2.05, 4.69) is 26.0 Å². The maximum absolute atomic E-state index is 11.7. The van der Waals surface area contributed by atoms with E-state index in [9.17, 15) is 9.59 Å². The number of carbonyl (C=O) groups is 2. The molecule has 0 radical (unpaired) electrons. The molecule has 0 aliphatic rings. The quantitative estimate of drug-likeness (QED) is 0.680. The maximum Gasteiger partial charge on any atom is 0.329 e. The van der Waals surface area contributed by atoms with Crippen LogP contribution in [0.15, 0.2) is 0 Å². The van der Waals surface area contributed by atoms with E-state index in [1.165, 1.54) is 4.80 Å². The Balaban J connectivity index is 2.70. The van der Waals surface area contributed by atoms with Gasteiger partial charge in [0.1, 0.15) is 5.54 Å². The highest BCUT2D eigenvalue weighted by atomic mass is 16.4. The first-order valence-corrected chi connectivity index (χ1v) is 5.50. The average Bonchev–Trinajstić information content (AvgIpc) is 2.71. The predicted octanol–water partition coefficient (Wildman–Crippen LogP) is -0.0250. The summed E-state index contributed by atoms with van der Waals surface area (Å²) in [6.07, 6.45) is 0.556. The number of amides is 2. The minimum Gasteiger partial charge on any atom is -0.480 e. The molecule has 0 spiro atoms. The molecule has 18 heavy (non-hydrogen) atoms. The topological polar surface area (TPSA) is 122 Å². The van der Waals surface area contributed by atoms with Crippen LogP contribution in [0.5, 0.6) is 0 Å². The molecule has 0 bridgehead atoms. The van der Waals surface area contributed by atoms with Crippen LogP contribution in [0, 0.1) is 0 Å². The molecule has 0 saturated carbocycles. The number of nitrogens with zero attached hydrogens (tertiary/aromatic N) is 4. The Bertz CT molecular complexity index is 439. The first kappa shape index (κ1) is 13.9. The molecule has 1 rings (SSSR count). The van der Waals surface area contributed by atoms with Crippen LogP contribution in [0.3, 0.4) is 0 Å². The van der Waals surface area contributed by atoms with Crippen molar-refractivity contribution in [2.24, 2.45) is 7.05 Å². The first-order chi connectivity index (χ1) is 8.43. The van der Waals surface area contributed by atoms with Crippen molar-refractivity contribution in [1.82, 2.24) is 25.5 Å². The van der Waals surface area contributed by atoms with Crippen molar-refractivity contribution in [2.45, 2.75) is 32.2 Å². The minimum absolute atomic E-state index is 0.0153. The van der Waals surface area contributed by atoms with Gasteiger partial charge in [-0.15, -0.1) is 5.10 Å². The van der Waals surface area contributed by atoms with Crippen molar-refractivity contribution in [2.75, 3.05) is 5.32 Å². The molecule has 2 amide bonds. The molecule has 0 atom stereocenters. The first-order valence-electron chi connectivity index (χ1n) is 5.50. The summed E-state index contributed by atoms with van der Waals surface area (Å²) in [4.78, 5) is 24.0. The highest BCUT2D eigenvalue weighted by Gasteiger charge is 2.36. The predicted molar refractivity (Wildman–Crippen MR) is 61.9 cm³/mol. The lowest BCUT2D eigenvalue weighted by atomic mass is 9.93. The van der Waals surface area contributed by atoms with Gasteiger partial charge in [0.25, 0.3) is 5.95 Å². The standard InChI is InChI=1S/C9H16N6O3/c1-4-9(5-2,6(16)17)11-8(18)10-7-12-14-15(3)13-7/h4-5H2,1-3H3,(H,16,17)(H2,10,11,13,18). The summed E-state index contributed by atoms with van der Waals surface area (Å²) in [7, 11) is 1.55. The van der Waals surface area contributed by atoms with Gasteiger partial charge in [-0.3, -0.25) is 5.32 Å². The average molecular weight is 256 g/mol. The van der Waals surface area contributed by atoms with Crippen LogP contribution in [-0.4, -0.2) is 42.9 Å². The van der Waals surface area contributed by atoms with E-state index in [4.69, 9.17) is 5.11 Å². The van der Waals surface area contributed by atoms with E-state index in [0.29, 0.717) is 0 Å². The van der Waals surface area contributed by atoms with Crippen molar-refractivity contribution >= 4 is 17.9 Å². The molecular weight excluding hydrogens is 240 g/mol. The number of aliphatic carboxylic acids is 1. The van der Waals surface area contributed by atoms with Gasteiger partial charge in [-0.25, -0.2) is 9.59 Å². The SMILES string of the molecule is CCC(CC)(NC(=O)Nc1nnn(C)n1)C(=O)O. The van der Waals surface area contributed by atoms with Crippen LogP contribution in [0.2, 0.25) is 0 Å². The summed E-state index contributed by atoms with van der Waals surface area (Å²) >= 11 is 0. The number of hydrogen-bond acceptors (Lipinski definition) is 5. The molecule has 0 unspecified atom stereocenters. The third kappa shape index (κ3) is 2.93. The van der Waals surface area contributed by atoms with Gasteiger partial charge in [0.15, 0.2) is 0 Å². The van der Waals surface area contributed by atoms with Crippen LogP contribution < -0.4 is 10.6 Å². The molecule has 100 valence electrons. The Labute approximate surface area is 104 Å². The second-order valence-electron chi connectivity index (χ2n) is 3.78. The molecule has 9 heteroatoms. The van der Waals surface area contributed by atoms with Gasteiger partial charge in [-0.2, -0.15) is 4.80 Å². The van der Waals surface area contributed by atoms with Crippen molar-refractivity contribution in [1.29, 1.82) is 0 Å². The van der Waals surface area contributed by atoms with Crippen molar-refractivity contribution in [3.63, 3.8) is 0 Å². The molecule has 0 saturated heterocycles. The van der Waals surface area contributed by atoms with Gasteiger partial charge in [0.05, 0.1) is 7.05 Å². The third-order valence-electron chi connectivity index (χ3n) is 2.70. The Morgan fingerprint density at radius 1 is 1.39 bits per heavy atom. The Morgan fingerprint density at radius 2 is 2.00 bits per heavy atom. The highest BCUT2D eigenvalue weighted by Crippen LogP contribution is 2.15. The summed E-state index contributed by atoms with van der Waals surface area (Å²) in [5, 5.41) is 24.8. The number of anilines is 1. The van der Waals surface area contributed by atoms with E-state index in [-0.39, 0.29) is 18.8 Å². The maximum atomic E-state index is 11.7. The zero-order chi connectivity index (χ0) is 13.8. The van der Waals surface area contributed by atoms with Crippen LogP contribution in [0.25, 0.3) is 0 Å². The zero-order valence-corrected chi connectivity index (χ0v) is 10.5. The van der Waals surface area contributed by atoms with Gasteiger partial charge >= 0.3 is 12.0 Å². The van der Waals surface area contributed by atoms with E-state index in [1.54, 1.807) is 20.9 Å². The molecule has 0 aliphatic heterocycles. The number of carboxylic acids is 1. The third-order valence-corrected chi connectivity index (χ3v) is 2.70. The molecular formula is C9H16N6O3. The smallest absolute Gasteiger partial charge is 0.329 e. The minimum atomic E-state index is -1.29. The molecule has 3 N–H and O–H groups in total. The number of carbonyl (C=O) groups excluding carboxylic acids is 1. The van der Waals surface area contributed by atoms with E-state index >= 15 is 0 Å². The number of tetrazole rings is 1. The second-order valence-corrected chi connectivity index (χ2v) is 3.78. The number of nitrogens with one attached hydrogen (secondary N) is 2. The normalized spacial score (nSPS) is 11.1. The molecule has 1 heterocycles. The lowest BCUT2D eigenvalue weighted by Gasteiger charge is -2.27. The molecule has 0 aromatic carbocycles. The number of carboxylic acid groups (broad SMARTS) is 1. The molecule has 1 aromatic rings. The van der Waals surface area contributed by atoms with Gasteiger partial charge < -0.3 is 10.4 Å². The summed E-state index contributed by atoms with van der Waals surface area (Å²) in [5.74, 6) is -1.06. The van der Waals surface area contributed by atoms with E-state index in [0.717, 1.165) is 0 Å². The van der Waals surface area contributed by atoms with Crippen molar-refractivity contribution < 1.29 is 14.7 Å². The zero-order valence-electron chi connectivity index (χ0n) is 10.5. The van der Waals surface area contributed by atoms with Crippen LogP contribution in [-0.2, 0) is 11.8 Å². The second kappa shape index (κ2) is 5.43. The molecule has 0 aliphatic carbocycles. The van der Waals surface area contributed by atoms with Crippen LogP contribution >= 0.6 is 0 Å². The van der Waals surface area contributed by atoms with Crippen LogP contribution in [0.1, 0.15) is 26.7 Å². The van der Waals surface area contributed by atoms with Gasteiger partial charge in [-0.05, 0) is 18.1 Å². The Hall–Kier alpha value is -2.19. The van der Waals surface area contributed by atoms with Gasteiger partial charge in [0, 0.05) is 0 Å². The summed E-state index contributed by atoms with van der Waals surface area (Å²) in [5.41, 5.74) is -1.29. The van der Waals surface area contributed by atoms with E-state index in [1.807, 2.05) is 0 Å². The lowest BCUT2D eigenvalue weighted by molar-refractivity contribution is -0.144. The van der Waals surface area contributed by atoms with Crippen LogP contribution in [0.4, 0.5) is 10.7 Å². The fourth-order valence-corrected chi connectivity index (χ4v) is 1.47. The number of urea groups is 1. The summed E-state index contributed by atoms with van der Waals surface area (Å²) in [6.45, 7) is 3.39. The highest BCUT2D eigenvalue weighted by molar-refractivity contribution is 5.92. The van der Waals surface area contributed by atoms with E-state index < -0.39 is 17.5 Å². The molecule has 1 aromatic heterocycles. The number of aryl methyl sites for hydroxylation is 1. The van der Waals surface area contributed by atoms with Gasteiger partial charge in [0.2, 0.25) is 0 Å². The fourth-order valence-electron chi connectivity index (χ4n) is 1.47.